The van der Waals surface area contributed by atoms with Gasteiger partial charge in [0.05, 0.1) is 18.4 Å². The molecule has 6 nitrogen and oxygen atoms in total. The van der Waals surface area contributed by atoms with E-state index in [-0.39, 0.29) is 26.1 Å². The molecule has 2 atom stereocenters. The second-order valence-electron chi connectivity index (χ2n) is 4.27. The minimum Gasteiger partial charge on any atom is -0.481 e. The van der Waals surface area contributed by atoms with E-state index < -0.39 is 36.7 Å². The molecule has 0 saturated carbocycles. The van der Waals surface area contributed by atoms with Crippen molar-refractivity contribution in [3.05, 3.63) is 0 Å². The monoisotopic (exact) mass is 285 g/mol. The molecule has 0 aromatic rings. The molecular weight excluding hydrogens is 271 g/mol. The highest BCUT2D eigenvalue weighted by Gasteiger charge is 2.38. The molecular formula is C10H14F3NO5. The van der Waals surface area contributed by atoms with Crippen LogP contribution in [0.5, 0.6) is 0 Å². The van der Waals surface area contributed by atoms with Crippen molar-refractivity contribution in [2.75, 3.05) is 26.2 Å². The van der Waals surface area contributed by atoms with Gasteiger partial charge in [-0.15, -0.1) is 13.2 Å². The van der Waals surface area contributed by atoms with Gasteiger partial charge in [0.25, 0.3) is 0 Å². The van der Waals surface area contributed by atoms with Gasteiger partial charge < -0.3 is 15.1 Å². The molecule has 0 aliphatic carbocycles. The maximum absolute atomic E-state index is 11.8. The summed E-state index contributed by atoms with van der Waals surface area (Å²) in [5, 5.41) is 17.8. The first-order chi connectivity index (χ1) is 8.70. The van der Waals surface area contributed by atoms with Gasteiger partial charge in [-0.25, -0.2) is 0 Å². The second kappa shape index (κ2) is 6.20. The molecule has 1 aliphatic heterocycles. The Labute approximate surface area is 106 Å². The number of carbonyl (C=O) groups is 2. The highest BCUT2D eigenvalue weighted by Crippen LogP contribution is 2.24. The number of likely N-dealkylation sites (tertiary alicyclic amines) is 1. The van der Waals surface area contributed by atoms with Gasteiger partial charge in [0.15, 0.2) is 0 Å². The van der Waals surface area contributed by atoms with Gasteiger partial charge in [0, 0.05) is 13.1 Å². The van der Waals surface area contributed by atoms with Crippen LogP contribution in [0.4, 0.5) is 13.2 Å². The Morgan fingerprint density at radius 3 is 2.26 bits per heavy atom. The molecule has 0 amide bonds. The van der Waals surface area contributed by atoms with E-state index in [9.17, 15) is 22.8 Å². The summed E-state index contributed by atoms with van der Waals surface area (Å²) in [7, 11) is 0. The number of carboxylic acid groups (broad SMARTS) is 2. The van der Waals surface area contributed by atoms with Crippen LogP contribution in [-0.2, 0) is 14.3 Å². The number of halogens is 3. The van der Waals surface area contributed by atoms with Crippen molar-refractivity contribution >= 4 is 11.9 Å². The van der Waals surface area contributed by atoms with E-state index in [2.05, 4.69) is 4.74 Å². The van der Waals surface area contributed by atoms with Crippen LogP contribution in [0.15, 0.2) is 0 Å². The van der Waals surface area contributed by atoms with Gasteiger partial charge in [-0.2, -0.15) is 0 Å². The third-order valence-corrected chi connectivity index (χ3v) is 3.00. The first-order valence-corrected chi connectivity index (χ1v) is 5.59. The lowest BCUT2D eigenvalue weighted by Gasteiger charge is -2.34. The fourth-order valence-corrected chi connectivity index (χ4v) is 2.06. The molecule has 0 aromatic heterocycles. The summed E-state index contributed by atoms with van der Waals surface area (Å²) in [6.07, 6.45) is -4.62. The molecule has 9 heteroatoms. The van der Waals surface area contributed by atoms with Crippen molar-refractivity contribution in [1.29, 1.82) is 0 Å². The Morgan fingerprint density at radius 1 is 1.21 bits per heavy atom. The van der Waals surface area contributed by atoms with Crippen molar-refractivity contribution in [2.45, 2.75) is 12.8 Å². The molecule has 110 valence electrons. The van der Waals surface area contributed by atoms with Crippen LogP contribution in [0, 0.1) is 11.8 Å². The standard InChI is InChI=1S/C10H14F3NO5/c11-10(12,13)19-4-3-14-2-1-6(8(15)16)7(5-14)9(17)18/h6-7H,1-5H2,(H,15,16)(H,17,18). The van der Waals surface area contributed by atoms with Crippen molar-refractivity contribution in [3.63, 3.8) is 0 Å². The summed E-state index contributed by atoms with van der Waals surface area (Å²) in [6.45, 7) is -0.543. The molecule has 2 N–H and O–H groups in total. The Kier molecular flexibility index (Phi) is 5.12. The minimum atomic E-state index is -4.72. The van der Waals surface area contributed by atoms with Crippen LogP contribution < -0.4 is 0 Å². The summed E-state index contributed by atoms with van der Waals surface area (Å²) in [4.78, 5) is 23.3. The van der Waals surface area contributed by atoms with Gasteiger partial charge >= 0.3 is 18.3 Å². The average molecular weight is 285 g/mol. The smallest absolute Gasteiger partial charge is 0.481 e. The molecule has 0 aromatic carbocycles. The van der Waals surface area contributed by atoms with Crippen LogP contribution in [0.3, 0.4) is 0 Å². The quantitative estimate of drug-likeness (QED) is 0.770. The SMILES string of the molecule is O=C(O)C1CCN(CCOC(F)(F)F)CC1C(=O)O. The van der Waals surface area contributed by atoms with Crippen LogP contribution in [-0.4, -0.2) is 59.7 Å². The first-order valence-electron chi connectivity index (χ1n) is 5.59. The number of piperidine rings is 1. The Bertz CT molecular complexity index is 347. The lowest BCUT2D eigenvalue weighted by Crippen LogP contribution is -2.47. The maximum Gasteiger partial charge on any atom is 0.522 e. The van der Waals surface area contributed by atoms with Crippen LogP contribution >= 0.6 is 0 Å². The van der Waals surface area contributed by atoms with E-state index >= 15 is 0 Å². The zero-order valence-corrected chi connectivity index (χ0v) is 9.89. The summed E-state index contributed by atoms with van der Waals surface area (Å²) in [6, 6.07) is 0. The van der Waals surface area contributed by atoms with Crippen molar-refractivity contribution < 1.29 is 37.7 Å². The van der Waals surface area contributed by atoms with E-state index in [0.717, 1.165) is 0 Å². The lowest BCUT2D eigenvalue weighted by atomic mass is 9.85. The zero-order valence-electron chi connectivity index (χ0n) is 9.89. The number of ether oxygens (including phenoxy) is 1. The second-order valence-corrected chi connectivity index (χ2v) is 4.27. The molecule has 1 saturated heterocycles. The van der Waals surface area contributed by atoms with Crippen LogP contribution in [0.1, 0.15) is 6.42 Å². The van der Waals surface area contributed by atoms with Crippen LogP contribution in [0.2, 0.25) is 0 Å². The Balaban J connectivity index is 2.48. The first kappa shape index (κ1) is 15.7. The normalized spacial score (nSPS) is 25.2. The highest BCUT2D eigenvalue weighted by atomic mass is 19.4. The van der Waals surface area contributed by atoms with E-state index in [1.54, 1.807) is 0 Å². The van der Waals surface area contributed by atoms with Gasteiger partial charge in [0.2, 0.25) is 0 Å². The lowest BCUT2D eigenvalue weighted by molar-refractivity contribution is -0.325. The fraction of sp³-hybridized carbons (Fsp3) is 0.800. The highest BCUT2D eigenvalue weighted by molar-refractivity contribution is 5.80. The summed E-state index contributed by atoms with van der Waals surface area (Å²) >= 11 is 0. The number of nitrogens with zero attached hydrogens (tertiary/aromatic N) is 1. The van der Waals surface area contributed by atoms with Gasteiger partial charge in [-0.3, -0.25) is 14.3 Å². The number of alkyl halides is 3. The van der Waals surface area contributed by atoms with E-state index in [4.69, 9.17) is 10.2 Å². The fourth-order valence-electron chi connectivity index (χ4n) is 2.06. The molecule has 19 heavy (non-hydrogen) atoms. The number of carboxylic acids is 2. The number of hydrogen-bond donors (Lipinski definition) is 2. The van der Waals surface area contributed by atoms with Gasteiger partial charge in [-0.05, 0) is 13.0 Å². The van der Waals surface area contributed by atoms with Crippen molar-refractivity contribution in [1.82, 2.24) is 4.90 Å². The summed E-state index contributed by atoms with van der Waals surface area (Å²) < 4.78 is 38.9. The summed E-state index contributed by atoms with van der Waals surface area (Å²) in [5.74, 6) is -4.57. The van der Waals surface area contributed by atoms with Crippen molar-refractivity contribution in [3.8, 4) is 0 Å². The molecule has 1 aliphatic rings. The zero-order chi connectivity index (χ0) is 14.6. The van der Waals surface area contributed by atoms with Gasteiger partial charge in [-0.1, -0.05) is 0 Å². The Hall–Kier alpha value is -1.35. The van der Waals surface area contributed by atoms with Crippen LogP contribution in [0.25, 0.3) is 0 Å². The molecule has 2 unspecified atom stereocenters. The maximum atomic E-state index is 11.8. The van der Waals surface area contributed by atoms with E-state index in [1.807, 2.05) is 0 Å². The molecule has 1 rings (SSSR count). The Morgan fingerprint density at radius 2 is 1.79 bits per heavy atom. The largest absolute Gasteiger partial charge is 0.522 e. The van der Waals surface area contributed by atoms with Crippen molar-refractivity contribution in [2.24, 2.45) is 11.8 Å². The molecule has 1 fully saturated rings. The number of aliphatic carboxylic acids is 2. The van der Waals surface area contributed by atoms with E-state index in [0.29, 0.717) is 0 Å². The summed E-state index contributed by atoms with van der Waals surface area (Å²) in [5.41, 5.74) is 0. The minimum absolute atomic E-state index is 0.0877. The number of hydrogen-bond acceptors (Lipinski definition) is 4. The molecule has 1 heterocycles. The van der Waals surface area contributed by atoms with Gasteiger partial charge in [0.1, 0.15) is 0 Å². The predicted octanol–water partition coefficient (Wildman–Crippen LogP) is 0.630. The third kappa shape index (κ3) is 5.03. The third-order valence-electron chi connectivity index (χ3n) is 3.00. The number of rotatable bonds is 5. The molecule has 0 bridgehead atoms. The molecule has 0 radical (unpaired) electrons. The average Bonchev–Trinajstić information content (AvgIpc) is 2.26. The molecule has 0 spiro atoms. The topological polar surface area (TPSA) is 87.1 Å². The predicted molar refractivity (Wildman–Crippen MR) is 55.3 cm³/mol. The van der Waals surface area contributed by atoms with E-state index in [1.165, 1.54) is 4.90 Å².